The smallest absolute Gasteiger partial charge is 0.409 e. The summed E-state index contributed by atoms with van der Waals surface area (Å²) in [4.78, 5) is 21.1. The van der Waals surface area contributed by atoms with Gasteiger partial charge in [-0.15, -0.1) is 0 Å². The van der Waals surface area contributed by atoms with Crippen LogP contribution in [0.4, 0.5) is 4.79 Å². The first-order chi connectivity index (χ1) is 6.20. The molecule has 0 radical (unpaired) electrons. The molecule has 0 aromatic rings. The van der Waals surface area contributed by atoms with Gasteiger partial charge in [0.2, 0.25) is 0 Å². The minimum absolute atomic E-state index is 0.556. The summed E-state index contributed by atoms with van der Waals surface area (Å²) in [6, 6.07) is 0. The van der Waals surface area contributed by atoms with Crippen LogP contribution in [0.5, 0.6) is 0 Å². The number of nitrogens with one attached hydrogen (secondary N) is 1. The van der Waals surface area contributed by atoms with Crippen LogP contribution >= 0.6 is 0 Å². The van der Waals surface area contributed by atoms with Crippen molar-refractivity contribution in [2.45, 2.75) is 39.0 Å². The van der Waals surface area contributed by atoms with E-state index in [1.807, 2.05) is 5.32 Å². The van der Waals surface area contributed by atoms with Crippen LogP contribution in [0.3, 0.4) is 0 Å². The predicted molar refractivity (Wildman–Crippen MR) is 47.6 cm³/mol. The molecule has 0 aromatic carbocycles. The van der Waals surface area contributed by atoms with Crippen molar-refractivity contribution >= 4 is 12.1 Å². The summed E-state index contributed by atoms with van der Waals surface area (Å²) >= 11 is 0. The number of aliphatic hydroxyl groups excluding tert-OH is 1. The van der Waals surface area contributed by atoms with Gasteiger partial charge in [-0.3, -0.25) is 10.1 Å². The van der Waals surface area contributed by atoms with Crippen LogP contribution in [-0.4, -0.2) is 34.1 Å². The van der Waals surface area contributed by atoms with Crippen molar-refractivity contribution in [2.24, 2.45) is 0 Å². The molecule has 1 unspecified atom stereocenters. The van der Waals surface area contributed by atoms with Gasteiger partial charge in [0.1, 0.15) is 11.8 Å². The molecule has 82 valence electrons. The van der Waals surface area contributed by atoms with Gasteiger partial charge in [-0.2, -0.15) is 0 Å². The summed E-state index contributed by atoms with van der Waals surface area (Å²) in [7, 11) is 0. The van der Waals surface area contributed by atoms with Crippen LogP contribution in [0.2, 0.25) is 0 Å². The highest BCUT2D eigenvalue weighted by Gasteiger charge is 2.19. The Hall–Kier alpha value is -1.30. The van der Waals surface area contributed by atoms with Gasteiger partial charge in [0.15, 0.2) is 0 Å². The molecule has 0 saturated carbocycles. The summed E-state index contributed by atoms with van der Waals surface area (Å²) in [6.07, 6.45) is -2.83. The first kappa shape index (κ1) is 12.7. The van der Waals surface area contributed by atoms with Crippen molar-refractivity contribution in [2.75, 3.05) is 0 Å². The maximum atomic E-state index is 11.0. The van der Waals surface area contributed by atoms with Crippen LogP contribution in [-0.2, 0) is 9.53 Å². The monoisotopic (exact) mass is 205 g/mol. The van der Waals surface area contributed by atoms with Crippen molar-refractivity contribution in [3.8, 4) is 0 Å². The molecule has 0 fully saturated rings. The van der Waals surface area contributed by atoms with E-state index < -0.39 is 30.3 Å². The summed E-state index contributed by atoms with van der Waals surface area (Å²) < 4.78 is 4.79. The first-order valence-electron chi connectivity index (χ1n) is 4.10. The van der Waals surface area contributed by atoms with Crippen molar-refractivity contribution < 1.29 is 24.5 Å². The predicted octanol–water partition coefficient (Wildman–Crippen LogP) is 0.304. The second kappa shape index (κ2) is 4.80. The molecular formula is C8H15NO5. The molecule has 3 N–H and O–H groups in total. The Bertz CT molecular complexity index is 220. The number of rotatable bonds is 3. The highest BCUT2D eigenvalue weighted by atomic mass is 16.6. The third-order valence-electron chi connectivity index (χ3n) is 1.05. The summed E-state index contributed by atoms with van der Waals surface area (Å²) in [5, 5.41) is 19.3. The second-order valence-electron chi connectivity index (χ2n) is 3.76. The number of amides is 1. The number of carboxylic acids is 1. The van der Waals surface area contributed by atoms with Gasteiger partial charge < -0.3 is 14.9 Å². The van der Waals surface area contributed by atoms with E-state index in [-0.39, 0.29) is 0 Å². The number of aliphatic carboxylic acids is 1. The number of carbonyl (C=O) groups is 2. The molecule has 6 heteroatoms. The van der Waals surface area contributed by atoms with Crippen LogP contribution in [0.1, 0.15) is 27.2 Å². The van der Waals surface area contributed by atoms with Crippen molar-refractivity contribution in [3.63, 3.8) is 0 Å². The van der Waals surface area contributed by atoms with E-state index >= 15 is 0 Å². The minimum Gasteiger partial charge on any atom is -0.481 e. The lowest BCUT2D eigenvalue weighted by Gasteiger charge is -2.20. The van der Waals surface area contributed by atoms with Crippen LogP contribution in [0.25, 0.3) is 0 Å². The normalized spacial score (nSPS) is 13.1. The first-order valence-corrected chi connectivity index (χ1v) is 4.10. The van der Waals surface area contributed by atoms with E-state index in [9.17, 15) is 9.59 Å². The number of carbonyl (C=O) groups excluding carboxylic acids is 1. The Balaban J connectivity index is 3.89. The van der Waals surface area contributed by atoms with Crippen LogP contribution < -0.4 is 5.32 Å². The lowest BCUT2D eigenvalue weighted by atomic mass is 10.2. The number of hydrogen-bond donors (Lipinski definition) is 3. The van der Waals surface area contributed by atoms with Gasteiger partial charge >= 0.3 is 12.1 Å². The molecule has 0 aliphatic carbocycles. The zero-order valence-electron chi connectivity index (χ0n) is 8.40. The molecule has 0 heterocycles. The molecule has 14 heavy (non-hydrogen) atoms. The summed E-state index contributed by atoms with van der Waals surface area (Å²) in [6.45, 7) is 4.99. The van der Waals surface area contributed by atoms with Crippen molar-refractivity contribution in [3.05, 3.63) is 0 Å². The van der Waals surface area contributed by atoms with Crippen LogP contribution in [0, 0.1) is 0 Å². The fourth-order valence-electron chi connectivity index (χ4n) is 0.660. The van der Waals surface area contributed by atoms with Gasteiger partial charge in [0, 0.05) is 0 Å². The quantitative estimate of drug-likeness (QED) is 0.576. The lowest BCUT2D eigenvalue weighted by Crippen LogP contribution is -2.40. The number of aliphatic hydroxyl groups is 1. The fraction of sp³-hybridized carbons (Fsp3) is 0.750. The van der Waals surface area contributed by atoms with E-state index in [2.05, 4.69) is 0 Å². The standard InChI is InChI=1S/C8H15NO5/c1-8(2,3)14-7(13)9-5(10)4-6(11)12/h5,10H,4H2,1-3H3,(H,9,13)(H,11,12). The Kier molecular flexibility index (Phi) is 4.36. The fourth-order valence-corrected chi connectivity index (χ4v) is 0.660. The van der Waals surface area contributed by atoms with E-state index in [4.69, 9.17) is 14.9 Å². The largest absolute Gasteiger partial charge is 0.481 e. The van der Waals surface area contributed by atoms with Gasteiger partial charge in [-0.05, 0) is 20.8 Å². The van der Waals surface area contributed by atoms with Gasteiger partial charge in [-0.1, -0.05) is 0 Å². The molecule has 0 spiro atoms. The summed E-state index contributed by atoms with van der Waals surface area (Å²) in [5.41, 5.74) is -0.674. The Labute approximate surface area is 81.9 Å². The van der Waals surface area contributed by atoms with E-state index in [0.29, 0.717) is 0 Å². The molecule has 0 bridgehead atoms. The molecule has 0 aliphatic heterocycles. The highest BCUT2D eigenvalue weighted by molar-refractivity contribution is 5.71. The Morgan fingerprint density at radius 2 is 1.93 bits per heavy atom. The van der Waals surface area contributed by atoms with Gasteiger partial charge in [0.25, 0.3) is 0 Å². The second-order valence-corrected chi connectivity index (χ2v) is 3.76. The number of ether oxygens (including phenoxy) is 1. The maximum absolute atomic E-state index is 11.0. The molecule has 0 rings (SSSR count). The maximum Gasteiger partial charge on any atom is 0.409 e. The molecular weight excluding hydrogens is 190 g/mol. The average Bonchev–Trinajstić information content (AvgIpc) is 1.77. The number of hydrogen-bond acceptors (Lipinski definition) is 4. The van der Waals surface area contributed by atoms with E-state index in [1.165, 1.54) is 0 Å². The van der Waals surface area contributed by atoms with E-state index in [1.54, 1.807) is 20.8 Å². The third kappa shape index (κ3) is 7.35. The SMILES string of the molecule is CC(C)(C)OC(=O)NC(O)CC(=O)O. The molecule has 0 aliphatic rings. The Morgan fingerprint density at radius 1 is 1.43 bits per heavy atom. The van der Waals surface area contributed by atoms with E-state index in [0.717, 1.165) is 0 Å². The molecule has 6 nitrogen and oxygen atoms in total. The van der Waals surface area contributed by atoms with Crippen molar-refractivity contribution in [1.82, 2.24) is 5.32 Å². The third-order valence-corrected chi connectivity index (χ3v) is 1.05. The number of alkyl carbamates (subject to hydrolysis) is 1. The zero-order chi connectivity index (χ0) is 11.4. The molecule has 0 aromatic heterocycles. The number of carboxylic acid groups (broad SMARTS) is 1. The molecule has 0 saturated heterocycles. The molecule has 1 atom stereocenters. The minimum atomic E-state index is -1.43. The molecule has 1 amide bonds. The average molecular weight is 205 g/mol. The zero-order valence-corrected chi connectivity index (χ0v) is 8.40. The highest BCUT2D eigenvalue weighted by Crippen LogP contribution is 2.06. The van der Waals surface area contributed by atoms with Gasteiger partial charge in [0.05, 0.1) is 6.42 Å². The summed E-state index contributed by atoms with van der Waals surface area (Å²) in [5.74, 6) is -1.20. The van der Waals surface area contributed by atoms with Crippen LogP contribution in [0.15, 0.2) is 0 Å². The lowest BCUT2D eigenvalue weighted by molar-refractivity contribution is -0.139. The Morgan fingerprint density at radius 3 is 2.29 bits per heavy atom. The van der Waals surface area contributed by atoms with Gasteiger partial charge in [-0.25, -0.2) is 4.79 Å². The topological polar surface area (TPSA) is 95.9 Å². The van der Waals surface area contributed by atoms with Crippen molar-refractivity contribution in [1.29, 1.82) is 0 Å².